The average molecular weight is 354 g/mol. The number of rotatable bonds is 2. The Bertz CT molecular complexity index is 642. The maximum atomic E-state index is 6.62. The monoisotopic (exact) mass is 352 g/mol. The van der Waals surface area contributed by atoms with Crippen LogP contribution in [0.2, 0.25) is 0 Å². The summed E-state index contributed by atoms with van der Waals surface area (Å²) in [5.41, 5.74) is 3.28. The third-order valence-corrected chi connectivity index (χ3v) is 4.34. The Balaban J connectivity index is 1.95. The van der Waals surface area contributed by atoms with Crippen molar-refractivity contribution in [2.75, 3.05) is 13.2 Å². The maximum absolute atomic E-state index is 6.62. The van der Waals surface area contributed by atoms with Crippen molar-refractivity contribution in [2.45, 2.75) is 12.3 Å². The number of hydrogen-bond acceptors (Lipinski definition) is 2. The summed E-state index contributed by atoms with van der Waals surface area (Å²) in [6.07, 6.45) is 0. The molecule has 0 saturated heterocycles. The second-order valence-corrected chi connectivity index (χ2v) is 6.12. The van der Waals surface area contributed by atoms with E-state index in [1.807, 2.05) is 30.3 Å². The molecular weight excluding hydrogens is 340 g/mol. The molecule has 1 unspecified atom stereocenters. The van der Waals surface area contributed by atoms with E-state index in [4.69, 9.17) is 21.1 Å². The lowest BCUT2D eigenvalue weighted by atomic mass is 9.99. The minimum Gasteiger partial charge on any atom is -0.486 e. The molecule has 2 aromatic rings. The van der Waals surface area contributed by atoms with Gasteiger partial charge in [0.1, 0.15) is 13.2 Å². The molecule has 3 rings (SSSR count). The average Bonchev–Trinajstić information content (AvgIpc) is 2.46. The van der Waals surface area contributed by atoms with Gasteiger partial charge in [0.15, 0.2) is 11.5 Å². The highest BCUT2D eigenvalue weighted by molar-refractivity contribution is 9.10. The van der Waals surface area contributed by atoms with E-state index in [1.165, 1.54) is 0 Å². The zero-order valence-corrected chi connectivity index (χ0v) is 13.4. The molecule has 1 aliphatic heterocycles. The highest BCUT2D eigenvalue weighted by Gasteiger charge is 2.18. The number of hydrogen-bond donors (Lipinski definition) is 0. The zero-order valence-electron chi connectivity index (χ0n) is 11.0. The number of alkyl halides is 1. The van der Waals surface area contributed by atoms with E-state index < -0.39 is 0 Å². The zero-order chi connectivity index (χ0) is 14.1. The molecule has 0 aliphatic carbocycles. The molecular formula is C16H14BrClO2. The van der Waals surface area contributed by atoms with Crippen LogP contribution in [-0.4, -0.2) is 13.2 Å². The van der Waals surface area contributed by atoms with E-state index in [1.54, 1.807) is 0 Å². The van der Waals surface area contributed by atoms with Gasteiger partial charge in [-0.05, 0) is 47.9 Å². The van der Waals surface area contributed by atoms with Gasteiger partial charge in [0, 0.05) is 4.47 Å². The van der Waals surface area contributed by atoms with Crippen LogP contribution < -0.4 is 9.47 Å². The molecule has 1 heterocycles. The van der Waals surface area contributed by atoms with Gasteiger partial charge in [-0.1, -0.05) is 28.1 Å². The lowest BCUT2D eigenvalue weighted by Gasteiger charge is -2.20. The van der Waals surface area contributed by atoms with Crippen LogP contribution in [0.4, 0.5) is 0 Å². The van der Waals surface area contributed by atoms with Crippen molar-refractivity contribution in [3.8, 4) is 11.5 Å². The Morgan fingerprint density at radius 3 is 2.55 bits per heavy atom. The first kappa shape index (κ1) is 13.8. The Kier molecular flexibility index (Phi) is 3.90. The van der Waals surface area contributed by atoms with Gasteiger partial charge < -0.3 is 9.47 Å². The molecule has 1 atom stereocenters. The van der Waals surface area contributed by atoms with Crippen molar-refractivity contribution in [3.05, 3.63) is 57.6 Å². The largest absolute Gasteiger partial charge is 0.486 e. The molecule has 1 aliphatic rings. The van der Waals surface area contributed by atoms with Crippen molar-refractivity contribution in [2.24, 2.45) is 0 Å². The number of fused-ring (bicyclic) bond motifs is 1. The minimum atomic E-state index is -0.195. The topological polar surface area (TPSA) is 18.5 Å². The van der Waals surface area contributed by atoms with E-state index >= 15 is 0 Å². The second-order valence-electron chi connectivity index (χ2n) is 4.77. The van der Waals surface area contributed by atoms with Crippen LogP contribution in [0.3, 0.4) is 0 Å². The SMILES string of the molecule is Cc1cc(Br)ccc1C(Cl)c1ccc2c(c1)OCCO2. The third-order valence-electron chi connectivity index (χ3n) is 3.36. The van der Waals surface area contributed by atoms with Crippen molar-refractivity contribution in [1.82, 2.24) is 0 Å². The van der Waals surface area contributed by atoms with Crippen LogP contribution in [0.25, 0.3) is 0 Å². The summed E-state index contributed by atoms with van der Waals surface area (Å²) in [7, 11) is 0. The molecule has 0 amide bonds. The van der Waals surface area contributed by atoms with Gasteiger partial charge in [-0.3, -0.25) is 0 Å². The van der Waals surface area contributed by atoms with Crippen molar-refractivity contribution in [1.29, 1.82) is 0 Å². The quantitative estimate of drug-likeness (QED) is 0.718. The van der Waals surface area contributed by atoms with Gasteiger partial charge in [0.2, 0.25) is 0 Å². The summed E-state index contributed by atoms with van der Waals surface area (Å²) in [4.78, 5) is 0. The van der Waals surface area contributed by atoms with Gasteiger partial charge in [-0.25, -0.2) is 0 Å². The highest BCUT2D eigenvalue weighted by Crippen LogP contribution is 2.38. The van der Waals surface area contributed by atoms with Crippen LogP contribution >= 0.6 is 27.5 Å². The Morgan fingerprint density at radius 2 is 1.80 bits per heavy atom. The predicted molar refractivity (Wildman–Crippen MR) is 84.0 cm³/mol. The molecule has 2 nitrogen and oxygen atoms in total. The van der Waals surface area contributed by atoms with Gasteiger partial charge in [-0.2, -0.15) is 0 Å². The van der Waals surface area contributed by atoms with Gasteiger partial charge >= 0.3 is 0 Å². The van der Waals surface area contributed by atoms with E-state index in [-0.39, 0.29) is 5.38 Å². The lowest BCUT2D eigenvalue weighted by Crippen LogP contribution is -2.15. The molecule has 0 fully saturated rings. The van der Waals surface area contributed by atoms with Crippen molar-refractivity contribution < 1.29 is 9.47 Å². The summed E-state index contributed by atoms with van der Waals surface area (Å²) >= 11 is 10.1. The first-order valence-corrected chi connectivity index (χ1v) is 7.68. The molecule has 0 bridgehead atoms. The molecule has 0 N–H and O–H groups in total. The molecule has 104 valence electrons. The van der Waals surface area contributed by atoms with Crippen LogP contribution in [0.15, 0.2) is 40.9 Å². The van der Waals surface area contributed by atoms with Crippen LogP contribution in [0.1, 0.15) is 22.1 Å². The normalized spacial score (nSPS) is 14.9. The van der Waals surface area contributed by atoms with Crippen LogP contribution in [0.5, 0.6) is 11.5 Å². The third kappa shape index (κ3) is 2.65. The standard InChI is InChI=1S/C16H14BrClO2/c1-10-8-12(17)3-4-13(10)16(18)11-2-5-14-15(9-11)20-7-6-19-14/h2-5,8-9,16H,6-7H2,1H3. The smallest absolute Gasteiger partial charge is 0.161 e. The fraction of sp³-hybridized carbons (Fsp3) is 0.250. The number of ether oxygens (including phenoxy) is 2. The lowest BCUT2D eigenvalue weighted by molar-refractivity contribution is 0.171. The summed E-state index contributed by atoms with van der Waals surface area (Å²) < 4.78 is 12.2. The summed E-state index contributed by atoms with van der Waals surface area (Å²) in [6.45, 7) is 3.25. The minimum absolute atomic E-state index is 0.195. The first-order chi connectivity index (χ1) is 9.65. The first-order valence-electron chi connectivity index (χ1n) is 6.45. The predicted octanol–water partition coefficient (Wildman–Crippen LogP) is 4.86. The number of halogens is 2. The maximum Gasteiger partial charge on any atom is 0.161 e. The molecule has 2 aromatic carbocycles. The molecule has 0 spiro atoms. The fourth-order valence-corrected chi connectivity index (χ4v) is 3.18. The van der Waals surface area contributed by atoms with Crippen LogP contribution in [0, 0.1) is 6.92 Å². The summed E-state index contributed by atoms with van der Waals surface area (Å²) in [5, 5.41) is -0.195. The van der Waals surface area contributed by atoms with E-state index in [0.717, 1.165) is 32.7 Å². The molecule has 0 radical (unpaired) electrons. The van der Waals surface area contributed by atoms with Crippen molar-refractivity contribution in [3.63, 3.8) is 0 Å². The van der Waals surface area contributed by atoms with Gasteiger partial charge in [-0.15, -0.1) is 11.6 Å². The molecule has 0 aromatic heterocycles. The Morgan fingerprint density at radius 1 is 1.05 bits per heavy atom. The van der Waals surface area contributed by atoms with Gasteiger partial charge in [0.05, 0.1) is 5.38 Å². The molecule has 4 heteroatoms. The van der Waals surface area contributed by atoms with E-state index in [9.17, 15) is 0 Å². The second kappa shape index (κ2) is 5.66. The summed E-state index contributed by atoms with van der Waals surface area (Å²) in [5.74, 6) is 1.56. The summed E-state index contributed by atoms with van der Waals surface area (Å²) in [6, 6.07) is 12.0. The number of benzene rings is 2. The Labute approximate surface area is 131 Å². The Hall–Kier alpha value is -1.19. The van der Waals surface area contributed by atoms with Crippen molar-refractivity contribution >= 4 is 27.5 Å². The van der Waals surface area contributed by atoms with Gasteiger partial charge in [0.25, 0.3) is 0 Å². The fourth-order valence-electron chi connectivity index (χ4n) is 2.32. The highest BCUT2D eigenvalue weighted by atomic mass is 79.9. The van der Waals surface area contributed by atoms with Crippen LogP contribution in [-0.2, 0) is 0 Å². The van der Waals surface area contributed by atoms with E-state index in [2.05, 4.69) is 28.9 Å². The van der Waals surface area contributed by atoms with E-state index in [0.29, 0.717) is 13.2 Å². The molecule has 20 heavy (non-hydrogen) atoms. The molecule has 0 saturated carbocycles. The number of aryl methyl sites for hydroxylation is 1.